The van der Waals surface area contributed by atoms with Crippen molar-refractivity contribution in [2.45, 2.75) is 32.4 Å². The van der Waals surface area contributed by atoms with E-state index in [9.17, 15) is 9.59 Å². The maximum Gasteiger partial charge on any atom is 0.317 e. The minimum absolute atomic E-state index is 0.0731. The van der Waals surface area contributed by atoms with E-state index in [4.69, 9.17) is 10.6 Å². The van der Waals surface area contributed by atoms with Gasteiger partial charge in [0.2, 0.25) is 5.91 Å². The number of nitrogens with zero attached hydrogens (tertiary/aromatic N) is 3. The molecule has 0 fully saturated rings. The second kappa shape index (κ2) is 5.23. The summed E-state index contributed by atoms with van der Waals surface area (Å²) in [5.41, 5.74) is 6.49. The van der Waals surface area contributed by atoms with Crippen molar-refractivity contribution in [2.24, 2.45) is 10.5 Å². The van der Waals surface area contributed by atoms with E-state index in [2.05, 4.69) is 10.0 Å². The van der Waals surface area contributed by atoms with E-state index in [-0.39, 0.29) is 10.5 Å². The van der Waals surface area contributed by atoms with E-state index in [1.54, 1.807) is 0 Å². The summed E-state index contributed by atoms with van der Waals surface area (Å²) in [6.07, 6.45) is 0. The van der Waals surface area contributed by atoms with Gasteiger partial charge in [-0.3, -0.25) is 9.59 Å². The molecule has 16 heavy (non-hydrogen) atoms. The number of thioether (sulfide) groups is 1. The topological polar surface area (TPSA) is 103 Å². The first-order chi connectivity index (χ1) is 7.13. The molecule has 1 amide bonds. The number of carboxylic acid groups (broad SMARTS) is 1. The molecule has 0 saturated heterocycles. The van der Waals surface area contributed by atoms with Crippen LogP contribution < -0.4 is 0 Å². The van der Waals surface area contributed by atoms with Crippen LogP contribution in [0, 0.1) is 5.41 Å². The van der Waals surface area contributed by atoms with Crippen molar-refractivity contribution in [1.82, 2.24) is 0 Å². The van der Waals surface area contributed by atoms with Crippen LogP contribution in [0.2, 0.25) is 0 Å². The van der Waals surface area contributed by atoms with Crippen LogP contribution in [0.1, 0.15) is 27.7 Å². The third-order valence-electron chi connectivity index (χ3n) is 1.87. The monoisotopic (exact) mass is 245 g/mol. The Morgan fingerprint density at radius 3 is 2.19 bits per heavy atom. The fourth-order valence-corrected chi connectivity index (χ4v) is 1.70. The number of azide groups is 1. The fourth-order valence-electron chi connectivity index (χ4n) is 0.727. The molecular formula is C9H15N3O3S. The molecule has 0 aromatic heterocycles. The zero-order chi connectivity index (χ0) is 13.0. The number of carbonyl (C=O) groups is 2. The number of carboxylic acids is 1. The second-order valence-electron chi connectivity index (χ2n) is 4.53. The van der Waals surface area contributed by atoms with Crippen molar-refractivity contribution < 1.29 is 14.7 Å². The van der Waals surface area contributed by atoms with Crippen LogP contribution in [0.25, 0.3) is 10.4 Å². The first-order valence-electron chi connectivity index (χ1n) is 4.60. The summed E-state index contributed by atoms with van der Waals surface area (Å²) in [7, 11) is 0. The van der Waals surface area contributed by atoms with Crippen molar-refractivity contribution in [3.8, 4) is 0 Å². The highest BCUT2D eigenvalue weighted by Crippen LogP contribution is 2.32. The van der Waals surface area contributed by atoms with Crippen molar-refractivity contribution >= 4 is 23.6 Å². The van der Waals surface area contributed by atoms with Crippen LogP contribution in [0.15, 0.2) is 5.11 Å². The number of hydrogen-bond acceptors (Lipinski definition) is 3. The van der Waals surface area contributed by atoms with E-state index in [0.717, 1.165) is 0 Å². The third kappa shape index (κ3) is 4.12. The molecule has 0 rings (SSSR count). The summed E-state index contributed by atoms with van der Waals surface area (Å²) < 4.78 is -0.159. The Morgan fingerprint density at radius 1 is 1.38 bits per heavy atom. The molecule has 0 aromatic carbocycles. The van der Waals surface area contributed by atoms with E-state index in [1.807, 2.05) is 20.8 Å². The molecule has 7 heteroatoms. The zero-order valence-electron chi connectivity index (χ0n) is 9.72. The number of amides is 1. The van der Waals surface area contributed by atoms with Crippen molar-refractivity contribution in [2.75, 3.05) is 5.75 Å². The smallest absolute Gasteiger partial charge is 0.317 e. The van der Waals surface area contributed by atoms with Crippen LogP contribution in [-0.2, 0) is 9.59 Å². The van der Waals surface area contributed by atoms with Gasteiger partial charge in [-0.1, -0.05) is 20.8 Å². The average Bonchev–Trinajstić information content (AvgIpc) is 2.13. The average molecular weight is 245 g/mol. The molecule has 0 aromatic rings. The highest BCUT2D eigenvalue weighted by molar-refractivity contribution is 8.00. The predicted molar refractivity (Wildman–Crippen MR) is 62.1 cm³/mol. The van der Waals surface area contributed by atoms with Gasteiger partial charge >= 0.3 is 5.97 Å². The Labute approximate surface area is 98.0 Å². The summed E-state index contributed by atoms with van der Waals surface area (Å²) >= 11 is 1.34. The van der Waals surface area contributed by atoms with E-state index in [0.29, 0.717) is 0 Å². The van der Waals surface area contributed by atoms with Crippen LogP contribution in [0.3, 0.4) is 0 Å². The van der Waals surface area contributed by atoms with Crippen molar-refractivity contribution in [3.63, 3.8) is 0 Å². The molecule has 0 spiro atoms. The number of aliphatic carboxylic acids is 1. The lowest BCUT2D eigenvalue weighted by Gasteiger charge is -2.25. The summed E-state index contributed by atoms with van der Waals surface area (Å²) in [6, 6.07) is 0. The minimum atomic E-state index is -1.66. The quantitative estimate of drug-likeness (QED) is 0.355. The van der Waals surface area contributed by atoms with Crippen LogP contribution in [0.5, 0.6) is 0 Å². The first kappa shape index (κ1) is 14.8. The fraction of sp³-hybridized carbons (Fsp3) is 0.778. The van der Waals surface area contributed by atoms with Crippen LogP contribution in [-0.4, -0.2) is 27.5 Å². The molecule has 1 N–H and O–H groups in total. The summed E-state index contributed by atoms with van der Waals surface area (Å²) in [5.74, 6) is -2.16. The predicted octanol–water partition coefficient (Wildman–Crippen LogP) is 2.45. The molecule has 1 unspecified atom stereocenters. The zero-order valence-corrected chi connectivity index (χ0v) is 10.5. The molecule has 0 bridgehead atoms. The number of hydrogen-bond donors (Lipinski definition) is 1. The molecule has 6 nitrogen and oxygen atoms in total. The highest BCUT2D eigenvalue weighted by Gasteiger charge is 2.41. The Kier molecular flexibility index (Phi) is 4.83. The van der Waals surface area contributed by atoms with Crippen molar-refractivity contribution in [3.05, 3.63) is 10.4 Å². The van der Waals surface area contributed by atoms with Gasteiger partial charge in [-0.15, -0.1) is 0 Å². The van der Waals surface area contributed by atoms with Crippen LogP contribution in [0.4, 0.5) is 0 Å². The molecular weight excluding hydrogens is 230 g/mol. The van der Waals surface area contributed by atoms with E-state index >= 15 is 0 Å². The van der Waals surface area contributed by atoms with Gasteiger partial charge in [0, 0.05) is 15.4 Å². The Balaban J connectivity index is 4.92. The molecule has 0 aliphatic rings. The first-order valence-corrected chi connectivity index (χ1v) is 5.59. The Bertz CT molecular complexity index is 344. The lowest BCUT2D eigenvalue weighted by molar-refractivity contribution is -0.151. The van der Waals surface area contributed by atoms with Gasteiger partial charge in [-0.05, 0) is 17.6 Å². The van der Waals surface area contributed by atoms with Gasteiger partial charge in [-0.25, -0.2) is 0 Å². The Morgan fingerprint density at radius 2 is 1.88 bits per heavy atom. The van der Waals surface area contributed by atoms with Gasteiger partial charge in [0.05, 0.1) is 0 Å². The van der Waals surface area contributed by atoms with Gasteiger partial charge in [0.15, 0.2) is 0 Å². The van der Waals surface area contributed by atoms with Gasteiger partial charge < -0.3 is 5.11 Å². The minimum Gasteiger partial charge on any atom is -0.480 e. The third-order valence-corrected chi connectivity index (χ3v) is 3.46. The summed E-state index contributed by atoms with van der Waals surface area (Å²) in [6.45, 7) is 7.01. The lowest BCUT2D eigenvalue weighted by atomic mass is 9.93. The lowest BCUT2D eigenvalue weighted by Crippen LogP contribution is -2.38. The van der Waals surface area contributed by atoms with E-state index < -0.39 is 17.3 Å². The summed E-state index contributed by atoms with van der Waals surface area (Å²) in [5, 5.41) is 11.9. The SMILES string of the molecule is CC(C)(C)SCC(C)(C(=O)O)C(=O)N=[N+]=[N-]. The molecule has 1 atom stereocenters. The summed E-state index contributed by atoms with van der Waals surface area (Å²) in [4.78, 5) is 24.8. The van der Waals surface area contributed by atoms with Gasteiger partial charge in [-0.2, -0.15) is 11.8 Å². The standard InChI is InChI=1S/C9H15N3O3S/c1-8(2,3)16-5-9(4,7(14)15)6(13)11-12-10/h5H2,1-4H3,(H,14,15). The molecule has 0 aliphatic carbocycles. The number of carbonyl (C=O) groups excluding carboxylic acids is 1. The highest BCUT2D eigenvalue weighted by atomic mass is 32.2. The Hall–Kier alpha value is -1.20. The van der Waals surface area contributed by atoms with Crippen LogP contribution >= 0.6 is 11.8 Å². The molecule has 0 heterocycles. The maximum absolute atomic E-state index is 11.4. The van der Waals surface area contributed by atoms with E-state index in [1.165, 1.54) is 18.7 Å². The molecule has 0 aliphatic heterocycles. The van der Waals surface area contributed by atoms with Crippen molar-refractivity contribution in [1.29, 1.82) is 0 Å². The molecule has 0 saturated carbocycles. The molecule has 0 radical (unpaired) electrons. The van der Waals surface area contributed by atoms with Gasteiger partial charge in [0.1, 0.15) is 5.41 Å². The number of rotatable bonds is 4. The maximum atomic E-state index is 11.4. The van der Waals surface area contributed by atoms with Gasteiger partial charge in [0.25, 0.3) is 0 Å². The largest absolute Gasteiger partial charge is 0.480 e. The normalized spacial score (nSPS) is 14.8. The molecule has 90 valence electrons. The second-order valence-corrected chi connectivity index (χ2v) is 6.33.